The van der Waals surface area contributed by atoms with Gasteiger partial charge in [-0.3, -0.25) is 4.90 Å². The molecule has 8 nitrogen and oxygen atoms in total. The van der Waals surface area contributed by atoms with Gasteiger partial charge in [-0.1, -0.05) is 13.8 Å². The normalized spacial score (nSPS) is 64.8. The van der Waals surface area contributed by atoms with Crippen LogP contribution in [0.3, 0.4) is 0 Å². The Morgan fingerprint density at radius 2 is 1.69 bits per heavy atom. The molecule has 5 saturated carbocycles. The van der Waals surface area contributed by atoms with Gasteiger partial charge in [0.1, 0.15) is 11.2 Å². The van der Waals surface area contributed by atoms with Crippen LogP contribution in [0.2, 0.25) is 0 Å². The van der Waals surface area contributed by atoms with Crippen molar-refractivity contribution in [2.24, 2.45) is 28.6 Å². The number of hydrogen-bond donors (Lipinski definition) is 4. The number of aliphatic hydroxyl groups excluding tert-OH is 1. The van der Waals surface area contributed by atoms with Crippen molar-refractivity contribution in [3.8, 4) is 0 Å². The van der Waals surface area contributed by atoms with Crippen molar-refractivity contribution in [3.05, 3.63) is 0 Å². The van der Waals surface area contributed by atoms with Gasteiger partial charge in [-0.2, -0.15) is 0 Å². The van der Waals surface area contributed by atoms with E-state index in [2.05, 4.69) is 18.7 Å². The van der Waals surface area contributed by atoms with E-state index in [1.54, 1.807) is 21.3 Å². The van der Waals surface area contributed by atoms with Crippen molar-refractivity contribution >= 4 is 0 Å². The van der Waals surface area contributed by atoms with Gasteiger partial charge in [-0.15, -0.1) is 0 Å². The molecule has 4 N–H and O–H groups in total. The van der Waals surface area contributed by atoms with Crippen LogP contribution in [0.15, 0.2) is 0 Å². The van der Waals surface area contributed by atoms with Gasteiger partial charge in [-0.05, 0) is 31.2 Å². The number of rotatable bonds is 4. The minimum absolute atomic E-state index is 0.166. The van der Waals surface area contributed by atoms with Crippen LogP contribution in [0.25, 0.3) is 0 Å². The fraction of sp³-hybridized carbons (Fsp3) is 1.00. The third-order valence-electron chi connectivity index (χ3n) is 11.3. The smallest absolute Gasteiger partial charge is 0.136 e. The summed E-state index contributed by atoms with van der Waals surface area (Å²) in [6.45, 7) is 5.77. The summed E-state index contributed by atoms with van der Waals surface area (Å²) in [6, 6.07) is -0.541. The van der Waals surface area contributed by atoms with Crippen LogP contribution in [0.5, 0.6) is 0 Å². The molecule has 13 atom stereocenters. The number of fused-ring (bicyclic) bond motifs is 2. The Bertz CT molecular complexity index is 828. The van der Waals surface area contributed by atoms with E-state index < -0.39 is 52.5 Å². The van der Waals surface area contributed by atoms with Crippen LogP contribution in [0.1, 0.15) is 39.5 Å². The molecule has 6 fully saturated rings. The van der Waals surface area contributed by atoms with E-state index in [0.29, 0.717) is 13.0 Å². The number of likely N-dealkylation sites (tertiary alicyclic amines) is 1. The molecular weight excluding hydrogens is 414 g/mol. The summed E-state index contributed by atoms with van der Waals surface area (Å²) in [7, 11) is 4.87. The molecule has 6 aliphatic rings. The lowest BCUT2D eigenvalue weighted by Gasteiger charge is -2.72. The first-order valence-corrected chi connectivity index (χ1v) is 12.2. The molecule has 5 aliphatic carbocycles. The van der Waals surface area contributed by atoms with Gasteiger partial charge in [0.2, 0.25) is 0 Å². The number of piperidine rings is 1. The quantitative estimate of drug-likeness (QED) is 0.462. The number of aliphatic hydroxyl groups is 4. The molecule has 32 heavy (non-hydrogen) atoms. The summed E-state index contributed by atoms with van der Waals surface area (Å²) < 4.78 is 18.0. The maximum absolute atomic E-state index is 12.8. The second-order valence-electron chi connectivity index (χ2n) is 11.9. The second-order valence-corrected chi connectivity index (χ2v) is 11.9. The number of ether oxygens (including phenoxy) is 3. The first-order chi connectivity index (χ1) is 15.1. The second kappa shape index (κ2) is 6.26. The highest BCUT2D eigenvalue weighted by atomic mass is 16.5. The van der Waals surface area contributed by atoms with Crippen molar-refractivity contribution < 1.29 is 34.6 Å². The Balaban J connectivity index is 1.73. The minimum Gasteiger partial charge on any atom is -0.392 e. The van der Waals surface area contributed by atoms with Crippen molar-refractivity contribution in [3.63, 3.8) is 0 Å². The predicted molar refractivity (Wildman–Crippen MR) is 114 cm³/mol. The Morgan fingerprint density at radius 3 is 2.28 bits per heavy atom. The van der Waals surface area contributed by atoms with Crippen LogP contribution in [-0.2, 0) is 14.2 Å². The van der Waals surface area contributed by atoms with Gasteiger partial charge in [0.15, 0.2) is 0 Å². The number of likely N-dealkylation sites (N-methyl/N-ethyl adjacent to an activating group) is 1. The highest BCUT2D eigenvalue weighted by molar-refractivity contribution is 5.45. The third-order valence-corrected chi connectivity index (χ3v) is 11.3. The molecule has 0 radical (unpaired) electrons. The van der Waals surface area contributed by atoms with Gasteiger partial charge in [0.25, 0.3) is 0 Å². The molecule has 1 heterocycles. The summed E-state index contributed by atoms with van der Waals surface area (Å²) >= 11 is 0. The molecule has 1 aliphatic heterocycles. The molecule has 182 valence electrons. The van der Waals surface area contributed by atoms with Crippen LogP contribution < -0.4 is 0 Å². The van der Waals surface area contributed by atoms with E-state index in [4.69, 9.17) is 14.2 Å². The van der Waals surface area contributed by atoms with Gasteiger partial charge in [-0.25, -0.2) is 0 Å². The van der Waals surface area contributed by atoms with Gasteiger partial charge >= 0.3 is 0 Å². The van der Waals surface area contributed by atoms with Crippen molar-refractivity contribution in [2.75, 3.05) is 34.4 Å². The molecule has 1 spiro atoms. The maximum atomic E-state index is 12.8. The number of nitrogens with zero attached hydrogens (tertiary/aromatic N) is 1. The van der Waals surface area contributed by atoms with E-state index in [1.807, 2.05) is 0 Å². The summed E-state index contributed by atoms with van der Waals surface area (Å²) in [5.41, 5.74) is -5.93. The van der Waals surface area contributed by atoms with Crippen LogP contribution >= 0.6 is 0 Å². The summed E-state index contributed by atoms with van der Waals surface area (Å²) in [4.78, 5) is 2.26. The van der Waals surface area contributed by atoms with Crippen LogP contribution in [0.4, 0.5) is 0 Å². The van der Waals surface area contributed by atoms with Gasteiger partial charge in [0.05, 0.1) is 41.5 Å². The minimum atomic E-state index is -1.75. The van der Waals surface area contributed by atoms with E-state index in [0.717, 1.165) is 19.4 Å². The van der Waals surface area contributed by atoms with E-state index in [1.165, 1.54) is 0 Å². The zero-order valence-electron chi connectivity index (χ0n) is 19.8. The Kier molecular flexibility index (Phi) is 4.34. The molecule has 0 aromatic carbocycles. The first-order valence-electron chi connectivity index (χ1n) is 12.2. The summed E-state index contributed by atoms with van der Waals surface area (Å²) in [5.74, 6) is -1.38. The van der Waals surface area contributed by atoms with Crippen molar-refractivity contribution in [1.82, 2.24) is 4.90 Å². The molecular formula is C24H39NO7. The summed E-state index contributed by atoms with van der Waals surface area (Å²) in [6.07, 6.45) is -0.268. The van der Waals surface area contributed by atoms with Gasteiger partial charge < -0.3 is 34.6 Å². The molecule has 0 aromatic heterocycles. The molecule has 7 bridgehead atoms. The largest absolute Gasteiger partial charge is 0.392 e. The lowest BCUT2D eigenvalue weighted by Crippen LogP contribution is -2.86. The van der Waals surface area contributed by atoms with E-state index in [-0.39, 0.29) is 29.8 Å². The fourth-order valence-electron chi connectivity index (χ4n) is 10.7. The maximum Gasteiger partial charge on any atom is 0.136 e. The van der Waals surface area contributed by atoms with E-state index in [9.17, 15) is 20.4 Å². The number of hydrogen-bond acceptors (Lipinski definition) is 8. The Hall–Kier alpha value is -0.320. The molecule has 1 saturated heterocycles. The molecule has 0 amide bonds. The monoisotopic (exact) mass is 453 g/mol. The topological polar surface area (TPSA) is 112 Å². The van der Waals surface area contributed by atoms with E-state index >= 15 is 0 Å². The average Bonchev–Trinajstić information content (AvgIpc) is 3.09. The van der Waals surface area contributed by atoms with Crippen LogP contribution in [-0.4, -0.2) is 107 Å². The molecule has 6 rings (SSSR count). The SMILES string of the molecule is CCN1C[C@]2(C)CC[C@H](OC)[C@]34C1[C@](O)([C@@H](OC)[C@H]23)[C@@]1(O)C[C@H](OC)[C@H]2C[C@]4(O)[C@@H]1[C@H]2O. The predicted octanol–water partition coefficient (Wildman–Crippen LogP) is -0.241. The highest BCUT2D eigenvalue weighted by Gasteiger charge is 2.95. The highest BCUT2D eigenvalue weighted by Crippen LogP contribution is 2.81. The van der Waals surface area contributed by atoms with Crippen molar-refractivity contribution in [1.29, 1.82) is 0 Å². The standard InChI is InChI=1S/C24H39NO7/c1-6-25-11-20(2)8-7-14(31-4)23-17(20)18(32-5)24(29,19(23)25)22(28)10-13(30-3)12-9-21(23,27)16(22)15(12)26/h12-19,26-29H,6-11H2,1-5H3/t12-,13+,14+,15+,16+,17-,18+,19?,20+,21+,22-,23-,24-/m1/s1. The third kappa shape index (κ3) is 1.86. The Labute approximate surface area is 189 Å². The lowest BCUT2D eigenvalue weighted by molar-refractivity contribution is -0.355. The van der Waals surface area contributed by atoms with Crippen LogP contribution in [0, 0.1) is 28.6 Å². The Morgan fingerprint density at radius 1 is 0.969 bits per heavy atom. The fourth-order valence-corrected chi connectivity index (χ4v) is 10.7. The zero-order chi connectivity index (χ0) is 23.1. The average molecular weight is 454 g/mol. The molecule has 0 aromatic rings. The molecule has 1 unspecified atom stereocenters. The lowest BCUT2D eigenvalue weighted by atomic mass is 9.41. The van der Waals surface area contributed by atoms with Gasteiger partial charge in [0, 0.05) is 52.0 Å². The number of methoxy groups -OCH3 is 3. The van der Waals surface area contributed by atoms with Crippen molar-refractivity contribution in [2.45, 2.75) is 86.8 Å². The zero-order valence-corrected chi connectivity index (χ0v) is 19.8. The summed E-state index contributed by atoms with van der Waals surface area (Å²) in [5, 5.41) is 49.6. The first kappa shape index (κ1) is 22.2. The molecule has 8 heteroatoms.